The van der Waals surface area contributed by atoms with Crippen LogP contribution in [0.15, 0.2) is 42.5 Å². The number of hydrogen-bond acceptors (Lipinski definition) is 6. The number of benzene rings is 2. The van der Waals surface area contributed by atoms with Crippen LogP contribution in [0.3, 0.4) is 0 Å². The lowest BCUT2D eigenvalue weighted by atomic mass is 9.80. The molecular formula is C31H45N5O4. The second kappa shape index (κ2) is 14.8. The first-order valence-corrected chi connectivity index (χ1v) is 14.1. The second-order valence-electron chi connectivity index (χ2n) is 11.0. The summed E-state index contributed by atoms with van der Waals surface area (Å²) in [5, 5.41) is 13.4. The zero-order chi connectivity index (χ0) is 29.1. The van der Waals surface area contributed by atoms with Crippen LogP contribution in [0, 0.1) is 5.41 Å². The Kier molecular flexibility index (Phi) is 11.5. The quantitative estimate of drug-likeness (QED) is 0.210. The monoisotopic (exact) mass is 551 g/mol. The standard InChI is InChI=1S/C31H45N5O4/c1-6-14-33-30(32)34-28(37)22-31(2,3)25-12-13-26(27(21-25)40-20-7-19-39-5)23-8-10-24(11-9-23)29(38)36-17-15-35(4)16-18-36/h8-13,21H,6-7,14-20,22H2,1-5H3,(H3,32,33,34,37). The van der Waals surface area contributed by atoms with Crippen molar-refractivity contribution in [1.29, 1.82) is 5.41 Å². The number of hydrogen-bond donors (Lipinski definition) is 3. The molecule has 1 heterocycles. The second-order valence-corrected chi connectivity index (χ2v) is 11.0. The fourth-order valence-corrected chi connectivity index (χ4v) is 4.65. The molecule has 1 aliphatic rings. The predicted octanol–water partition coefficient (Wildman–Crippen LogP) is 3.87. The average molecular weight is 552 g/mol. The molecule has 40 heavy (non-hydrogen) atoms. The molecule has 1 saturated heterocycles. The number of amides is 2. The number of ether oxygens (including phenoxy) is 2. The molecule has 2 aromatic rings. The molecular weight excluding hydrogens is 506 g/mol. The first-order valence-electron chi connectivity index (χ1n) is 14.1. The average Bonchev–Trinajstić information content (AvgIpc) is 2.94. The molecule has 2 amide bonds. The van der Waals surface area contributed by atoms with Gasteiger partial charge in [0, 0.05) is 70.4 Å². The van der Waals surface area contributed by atoms with Crippen LogP contribution in [0.25, 0.3) is 11.1 Å². The Labute approximate surface area is 238 Å². The fourth-order valence-electron chi connectivity index (χ4n) is 4.65. The molecule has 3 rings (SSSR count). The molecule has 0 saturated carbocycles. The zero-order valence-corrected chi connectivity index (χ0v) is 24.6. The molecule has 2 aromatic carbocycles. The third-order valence-electron chi connectivity index (χ3n) is 7.17. The number of carbonyl (C=O) groups is 2. The Morgan fingerprint density at radius 2 is 1.73 bits per heavy atom. The number of carbonyl (C=O) groups excluding carboxylic acids is 2. The van der Waals surface area contributed by atoms with Crippen molar-refractivity contribution >= 4 is 17.8 Å². The lowest BCUT2D eigenvalue weighted by molar-refractivity contribution is -0.120. The van der Waals surface area contributed by atoms with E-state index in [-0.39, 0.29) is 24.2 Å². The summed E-state index contributed by atoms with van der Waals surface area (Å²) in [5.41, 5.74) is 3.03. The van der Waals surface area contributed by atoms with E-state index in [0.717, 1.165) is 61.5 Å². The van der Waals surface area contributed by atoms with Gasteiger partial charge in [0.05, 0.1) is 6.61 Å². The van der Waals surface area contributed by atoms with Crippen LogP contribution in [0.5, 0.6) is 5.75 Å². The Bertz CT molecular complexity index is 1140. The van der Waals surface area contributed by atoms with Gasteiger partial charge in [-0.25, -0.2) is 0 Å². The van der Waals surface area contributed by atoms with Crippen molar-refractivity contribution in [1.82, 2.24) is 20.4 Å². The third kappa shape index (κ3) is 8.79. The minimum atomic E-state index is -0.489. The van der Waals surface area contributed by atoms with Crippen LogP contribution >= 0.6 is 0 Å². The lowest BCUT2D eigenvalue weighted by Gasteiger charge is -2.32. The Morgan fingerprint density at radius 1 is 1.02 bits per heavy atom. The molecule has 1 fully saturated rings. The molecule has 0 spiro atoms. The molecule has 0 aromatic heterocycles. The van der Waals surface area contributed by atoms with E-state index >= 15 is 0 Å². The van der Waals surface area contributed by atoms with Crippen LogP contribution in [-0.2, 0) is 14.9 Å². The molecule has 0 unspecified atom stereocenters. The van der Waals surface area contributed by atoms with Gasteiger partial charge in [0.25, 0.3) is 5.91 Å². The van der Waals surface area contributed by atoms with Crippen molar-refractivity contribution in [2.24, 2.45) is 0 Å². The maximum absolute atomic E-state index is 13.0. The number of guanidine groups is 1. The highest BCUT2D eigenvalue weighted by Gasteiger charge is 2.26. The largest absolute Gasteiger partial charge is 0.493 e. The van der Waals surface area contributed by atoms with E-state index in [1.54, 1.807) is 7.11 Å². The van der Waals surface area contributed by atoms with Crippen molar-refractivity contribution in [2.75, 3.05) is 60.1 Å². The SMILES string of the molecule is CCCNC(=N)NC(=O)CC(C)(C)c1ccc(-c2ccc(C(=O)N3CCN(C)CC3)cc2)c(OCCCOC)c1. The maximum Gasteiger partial charge on any atom is 0.253 e. The number of nitrogens with one attached hydrogen (secondary N) is 3. The van der Waals surface area contributed by atoms with E-state index in [1.807, 2.05) is 68.1 Å². The van der Waals surface area contributed by atoms with Gasteiger partial charge in [-0.15, -0.1) is 0 Å². The van der Waals surface area contributed by atoms with Crippen molar-refractivity contribution in [3.8, 4) is 16.9 Å². The van der Waals surface area contributed by atoms with Gasteiger partial charge >= 0.3 is 0 Å². The Balaban J connectivity index is 1.79. The van der Waals surface area contributed by atoms with Gasteiger partial charge < -0.3 is 24.6 Å². The lowest BCUT2D eigenvalue weighted by Crippen LogP contribution is -2.47. The van der Waals surface area contributed by atoms with E-state index in [2.05, 4.69) is 22.6 Å². The summed E-state index contributed by atoms with van der Waals surface area (Å²) in [4.78, 5) is 29.8. The molecule has 9 nitrogen and oxygen atoms in total. The van der Waals surface area contributed by atoms with Crippen LogP contribution < -0.4 is 15.4 Å². The smallest absolute Gasteiger partial charge is 0.253 e. The van der Waals surface area contributed by atoms with Crippen LogP contribution in [0.1, 0.15) is 56.0 Å². The van der Waals surface area contributed by atoms with E-state index in [9.17, 15) is 9.59 Å². The fraction of sp³-hybridized carbons (Fsp3) is 0.516. The minimum Gasteiger partial charge on any atom is -0.493 e. The number of rotatable bonds is 12. The van der Waals surface area contributed by atoms with Crippen molar-refractivity contribution < 1.29 is 19.1 Å². The minimum absolute atomic E-state index is 0.0229. The molecule has 9 heteroatoms. The Morgan fingerprint density at radius 3 is 2.38 bits per heavy atom. The molecule has 0 radical (unpaired) electrons. The summed E-state index contributed by atoms with van der Waals surface area (Å²) in [6.45, 7) is 11.0. The third-order valence-corrected chi connectivity index (χ3v) is 7.17. The summed E-state index contributed by atoms with van der Waals surface area (Å²) in [6, 6.07) is 13.7. The Hall–Kier alpha value is -3.43. The highest BCUT2D eigenvalue weighted by Crippen LogP contribution is 2.36. The summed E-state index contributed by atoms with van der Waals surface area (Å²) >= 11 is 0. The summed E-state index contributed by atoms with van der Waals surface area (Å²) in [6.07, 6.45) is 1.84. The van der Waals surface area contributed by atoms with Crippen molar-refractivity contribution in [2.45, 2.75) is 45.4 Å². The highest BCUT2D eigenvalue weighted by molar-refractivity contribution is 5.96. The topological polar surface area (TPSA) is 107 Å². The van der Waals surface area contributed by atoms with E-state index < -0.39 is 5.41 Å². The first kappa shape index (κ1) is 31.1. The summed E-state index contributed by atoms with van der Waals surface area (Å²) in [5.74, 6) is 0.585. The molecule has 0 aliphatic carbocycles. The van der Waals surface area contributed by atoms with Crippen molar-refractivity contribution in [3.05, 3.63) is 53.6 Å². The van der Waals surface area contributed by atoms with Gasteiger partial charge in [0.1, 0.15) is 5.75 Å². The van der Waals surface area contributed by atoms with E-state index in [1.165, 1.54) is 0 Å². The zero-order valence-electron chi connectivity index (χ0n) is 24.6. The summed E-state index contributed by atoms with van der Waals surface area (Å²) < 4.78 is 11.4. The van der Waals surface area contributed by atoms with Gasteiger partial charge in [-0.2, -0.15) is 0 Å². The van der Waals surface area contributed by atoms with Crippen LogP contribution in [-0.4, -0.2) is 87.7 Å². The number of piperazine rings is 1. The number of likely N-dealkylation sites (N-methyl/N-ethyl adjacent to an activating group) is 1. The molecule has 218 valence electrons. The van der Waals surface area contributed by atoms with E-state index in [4.69, 9.17) is 14.9 Å². The van der Waals surface area contributed by atoms with Gasteiger partial charge in [-0.3, -0.25) is 20.3 Å². The number of methoxy groups -OCH3 is 1. The van der Waals surface area contributed by atoms with Crippen LogP contribution in [0.2, 0.25) is 0 Å². The van der Waals surface area contributed by atoms with Gasteiger partial charge in [-0.05, 0) is 48.2 Å². The molecule has 0 atom stereocenters. The van der Waals surface area contributed by atoms with Crippen LogP contribution in [0.4, 0.5) is 0 Å². The van der Waals surface area contributed by atoms with Crippen molar-refractivity contribution in [3.63, 3.8) is 0 Å². The highest BCUT2D eigenvalue weighted by atomic mass is 16.5. The van der Waals surface area contributed by atoms with Gasteiger partial charge in [0.2, 0.25) is 5.91 Å². The molecule has 3 N–H and O–H groups in total. The normalized spacial score (nSPS) is 14.1. The van der Waals surface area contributed by atoms with Gasteiger partial charge in [0.15, 0.2) is 5.96 Å². The van der Waals surface area contributed by atoms with E-state index in [0.29, 0.717) is 25.3 Å². The predicted molar refractivity (Wildman–Crippen MR) is 159 cm³/mol. The first-order chi connectivity index (χ1) is 19.1. The molecule has 0 bridgehead atoms. The van der Waals surface area contributed by atoms with Gasteiger partial charge in [-0.1, -0.05) is 45.0 Å². The summed E-state index contributed by atoms with van der Waals surface area (Å²) in [7, 11) is 3.74. The number of nitrogens with zero attached hydrogens (tertiary/aromatic N) is 2. The molecule has 1 aliphatic heterocycles. The maximum atomic E-state index is 13.0.